The van der Waals surface area contributed by atoms with Crippen LogP contribution in [0.5, 0.6) is 0 Å². The first-order valence-corrected chi connectivity index (χ1v) is 5.06. The van der Waals surface area contributed by atoms with Crippen LogP contribution < -0.4 is 5.73 Å². The summed E-state index contributed by atoms with van der Waals surface area (Å²) >= 11 is 0. The highest BCUT2D eigenvalue weighted by Gasteiger charge is 2.08. The molecule has 17 heavy (non-hydrogen) atoms. The second-order valence-electron chi connectivity index (χ2n) is 3.77. The second kappa shape index (κ2) is 6.15. The maximum Gasteiger partial charge on any atom is 0.251 e. The molecule has 0 saturated carbocycles. The Morgan fingerprint density at radius 3 is 2.82 bits per heavy atom. The van der Waals surface area contributed by atoms with Crippen LogP contribution in [0.2, 0.25) is 0 Å². The van der Waals surface area contributed by atoms with E-state index in [1.165, 1.54) is 4.90 Å². The second-order valence-corrected chi connectivity index (χ2v) is 3.77. The van der Waals surface area contributed by atoms with Crippen LogP contribution in [0.25, 0.3) is 0 Å². The number of hydrogen-bond donors (Lipinski definition) is 2. The summed E-state index contributed by atoms with van der Waals surface area (Å²) in [7, 11) is 1.61. The molecule has 3 N–H and O–H groups in total. The molecule has 0 amide bonds. The smallest absolute Gasteiger partial charge is 0.251 e. The zero-order valence-corrected chi connectivity index (χ0v) is 9.48. The molecule has 0 heterocycles. The van der Waals surface area contributed by atoms with Crippen molar-refractivity contribution in [3.63, 3.8) is 0 Å². The molecule has 0 spiro atoms. The Bertz CT molecular complexity index is 396. The van der Waals surface area contributed by atoms with Gasteiger partial charge in [-0.25, -0.2) is 8.78 Å². The van der Waals surface area contributed by atoms with Crippen LogP contribution in [0.4, 0.5) is 8.78 Å². The van der Waals surface area contributed by atoms with E-state index in [2.05, 4.69) is 5.16 Å². The van der Waals surface area contributed by atoms with Crippen molar-refractivity contribution in [3.05, 3.63) is 35.4 Å². The molecule has 0 aliphatic heterocycles. The highest BCUT2D eigenvalue weighted by atomic mass is 19.3. The first-order valence-electron chi connectivity index (χ1n) is 5.06. The molecule has 0 unspecified atom stereocenters. The van der Waals surface area contributed by atoms with Gasteiger partial charge in [-0.1, -0.05) is 23.4 Å². The van der Waals surface area contributed by atoms with Gasteiger partial charge in [0.15, 0.2) is 5.84 Å². The summed E-state index contributed by atoms with van der Waals surface area (Å²) in [5.74, 6) is 0.00311. The number of rotatable bonds is 5. The van der Waals surface area contributed by atoms with Crippen LogP contribution in [-0.2, 0) is 6.54 Å². The molecule has 0 aromatic heterocycles. The van der Waals surface area contributed by atoms with E-state index in [9.17, 15) is 8.78 Å². The normalized spacial score (nSPS) is 12.4. The standard InChI is InChI=1S/C11H15F2N3O/c1-16(7-10(12)13)6-8-3-2-4-9(5-8)11(14)15-17/h2-5,10,17H,6-7H2,1H3,(H2,14,15). The van der Waals surface area contributed by atoms with Crippen molar-refractivity contribution in [2.24, 2.45) is 10.9 Å². The lowest BCUT2D eigenvalue weighted by molar-refractivity contribution is 0.0975. The molecule has 1 aromatic rings. The Morgan fingerprint density at radius 1 is 1.53 bits per heavy atom. The van der Waals surface area contributed by atoms with Crippen molar-refractivity contribution < 1.29 is 14.0 Å². The van der Waals surface area contributed by atoms with Crippen molar-refractivity contribution >= 4 is 5.84 Å². The Balaban J connectivity index is 2.72. The zero-order chi connectivity index (χ0) is 12.8. The lowest BCUT2D eigenvalue weighted by Gasteiger charge is -2.16. The largest absolute Gasteiger partial charge is 0.409 e. The van der Waals surface area contributed by atoms with Gasteiger partial charge in [0.25, 0.3) is 6.43 Å². The highest BCUT2D eigenvalue weighted by Crippen LogP contribution is 2.08. The Morgan fingerprint density at radius 2 is 2.24 bits per heavy atom. The van der Waals surface area contributed by atoms with E-state index in [-0.39, 0.29) is 12.4 Å². The molecule has 4 nitrogen and oxygen atoms in total. The van der Waals surface area contributed by atoms with Gasteiger partial charge < -0.3 is 10.9 Å². The summed E-state index contributed by atoms with van der Waals surface area (Å²) in [6.45, 7) is 0.102. The van der Waals surface area contributed by atoms with E-state index in [0.29, 0.717) is 12.1 Å². The van der Waals surface area contributed by atoms with E-state index in [0.717, 1.165) is 5.56 Å². The highest BCUT2D eigenvalue weighted by molar-refractivity contribution is 5.97. The summed E-state index contributed by atoms with van der Waals surface area (Å²) in [6.07, 6.45) is -2.35. The molecular formula is C11H15F2N3O. The molecule has 94 valence electrons. The summed E-state index contributed by atoms with van der Waals surface area (Å²) in [6, 6.07) is 6.93. The van der Waals surface area contributed by atoms with Gasteiger partial charge in [0, 0.05) is 12.1 Å². The lowest BCUT2D eigenvalue weighted by atomic mass is 10.1. The van der Waals surface area contributed by atoms with Crippen molar-refractivity contribution in [1.82, 2.24) is 4.90 Å². The SMILES string of the molecule is CN(Cc1cccc(C(N)=NO)c1)CC(F)F. The van der Waals surface area contributed by atoms with Gasteiger partial charge in [-0.05, 0) is 18.7 Å². The van der Waals surface area contributed by atoms with Crippen LogP contribution >= 0.6 is 0 Å². The maximum atomic E-state index is 12.1. The fourth-order valence-corrected chi connectivity index (χ4v) is 1.50. The van der Waals surface area contributed by atoms with E-state index < -0.39 is 6.43 Å². The van der Waals surface area contributed by atoms with Gasteiger partial charge in [-0.3, -0.25) is 4.90 Å². The summed E-state index contributed by atoms with van der Waals surface area (Å²) in [5.41, 5.74) is 6.84. The number of nitrogens with two attached hydrogens (primary N) is 1. The van der Waals surface area contributed by atoms with Gasteiger partial charge in [-0.15, -0.1) is 0 Å². The van der Waals surface area contributed by atoms with Crippen LogP contribution in [0, 0.1) is 0 Å². The monoisotopic (exact) mass is 243 g/mol. The minimum absolute atomic E-state index is 0.00311. The molecule has 1 aromatic carbocycles. The first-order chi connectivity index (χ1) is 8.02. The van der Waals surface area contributed by atoms with Crippen molar-refractivity contribution in [2.45, 2.75) is 13.0 Å². The Labute approximate surface area is 98.3 Å². The molecule has 0 aliphatic rings. The average molecular weight is 243 g/mol. The predicted molar refractivity (Wildman–Crippen MR) is 61.3 cm³/mol. The first kappa shape index (κ1) is 13.4. The molecule has 0 fully saturated rings. The number of oxime groups is 1. The van der Waals surface area contributed by atoms with E-state index in [1.54, 1.807) is 31.3 Å². The van der Waals surface area contributed by atoms with Crippen LogP contribution in [-0.4, -0.2) is 36.0 Å². The summed E-state index contributed by atoms with van der Waals surface area (Å²) < 4.78 is 24.3. The topological polar surface area (TPSA) is 61.8 Å². The van der Waals surface area contributed by atoms with E-state index in [1.807, 2.05) is 0 Å². The molecule has 6 heteroatoms. The van der Waals surface area contributed by atoms with E-state index >= 15 is 0 Å². The Hall–Kier alpha value is -1.69. The third-order valence-electron chi connectivity index (χ3n) is 2.23. The average Bonchev–Trinajstić information content (AvgIpc) is 2.27. The number of hydrogen-bond acceptors (Lipinski definition) is 3. The quantitative estimate of drug-likeness (QED) is 0.356. The number of alkyl halides is 2. The number of halogens is 2. The third-order valence-corrected chi connectivity index (χ3v) is 2.23. The molecule has 0 atom stereocenters. The third kappa shape index (κ3) is 4.36. The molecule has 1 rings (SSSR count). The van der Waals surface area contributed by atoms with Gasteiger partial charge in [0.1, 0.15) is 0 Å². The molecular weight excluding hydrogens is 228 g/mol. The van der Waals surface area contributed by atoms with Gasteiger partial charge in [0.2, 0.25) is 0 Å². The fourth-order valence-electron chi connectivity index (χ4n) is 1.50. The minimum Gasteiger partial charge on any atom is -0.409 e. The minimum atomic E-state index is -2.35. The molecule has 0 bridgehead atoms. The summed E-state index contributed by atoms with van der Waals surface area (Å²) in [4.78, 5) is 1.51. The van der Waals surface area contributed by atoms with Gasteiger partial charge in [-0.2, -0.15) is 0 Å². The van der Waals surface area contributed by atoms with Crippen LogP contribution in [0.3, 0.4) is 0 Å². The lowest BCUT2D eigenvalue weighted by Crippen LogP contribution is -2.24. The Kier molecular flexibility index (Phi) is 4.84. The zero-order valence-electron chi connectivity index (χ0n) is 9.48. The fraction of sp³-hybridized carbons (Fsp3) is 0.364. The van der Waals surface area contributed by atoms with Crippen molar-refractivity contribution in [2.75, 3.05) is 13.6 Å². The summed E-state index contributed by atoms with van der Waals surface area (Å²) in [5, 5.41) is 11.4. The maximum absolute atomic E-state index is 12.1. The number of amidine groups is 1. The van der Waals surface area contributed by atoms with Crippen molar-refractivity contribution in [1.29, 1.82) is 0 Å². The van der Waals surface area contributed by atoms with Crippen molar-refractivity contribution in [3.8, 4) is 0 Å². The molecule has 0 aliphatic carbocycles. The van der Waals surface area contributed by atoms with Gasteiger partial charge in [0.05, 0.1) is 6.54 Å². The number of benzene rings is 1. The molecule has 0 saturated heterocycles. The molecule has 0 radical (unpaired) electrons. The van der Waals surface area contributed by atoms with E-state index in [4.69, 9.17) is 10.9 Å². The van der Waals surface area contributed by atoms with Crippen LogP contribution in [0.1, 0.15) is 11.1 Å². The van der Waals surface area contributed by atoms with Crippen LogP contribution in [0.15, 0.2) is 29.4 Å². The number of nitrogens with zero attached hydrogens (tertiary/aromatic N) is 2. The van der Waals surface area contributed by atoms with Gasteiger partial charge >= 0.3 is 0 Å². The predicted octanol–water partition coefficient (Wildman–Crippen LogP) is 1.48.